The molecule has 31 heteroatoms. The summed E-state index contributed by atoms with van der Waals surface area (Å²) in [6, 6.07) is 5.14. The van der Waals surface area contributed by atoms with Crippen molar-refractivity contribution in [2.45, 2.75) is 147 Å². The molecule has 0 saturated heterocycles. The molecule has 10 aromatic heterocycles. The molecule has 24 nitrogen and oxygen atoms in total. The molecular weight excluding hydrogens is 1320 g/mol. The van der Waals surface area contributed by atoms with Crippen molar-refractivity contribution < 1.29 is 50.2 Å². The number of pyridine rings is 3. The number of anilines is 3. The third-order valence-electron chi connectivity index (χ3n) is 20.4. The van der Waals surface area contributed by atoms with E-state index in [0.29, 0.717) is 75.0 Å². The Bertz CT molecular complexity index is 4520. The first kappa shape index (κ1) is 68.7. The Morgan fingerprint density at radius 2 is 0.870 bits per heavy atom. The number of carbonyl (C=O) groups is 3. The van der Waals surface area contributed by atoms with E-state index in [4.69, 9.17) is 9.47 Å². The summed E-state index contributed by atoms with van der Waals surface area (Å²) >= 11 is 1.54. The normalized spacial score (nSPS) is 20.8. The molecule has 15 rings (SSSR count). The molecule has 10 aromatic rings. The minimum absolute atomic E-state index is 0.00948. The summed E-state index contributed by atoms with van der Waals surface area (Å²) in [7, 11) is 7.84. The molecule has 5 aliphatic carbocycles. The fraction of sp³-hybridized carbons (Fsp3) is 0.464. The van der Waals surface area contributed by atoms with E-state index in [-0.39, 0.29) is 99.6 Å². The van der Waals surface area contributed by atoms with Gasteiger partial charge in [0.15, 0.2) is 69.3 Å². The fourth-order valence-corrected chi connectivity index (χ4v) is 16.5. The number of aromatic nitrogens is 15. The smallest absolute Gasteiger partial charge is 0.310 e. The van der Waals surface area contributed by atoms with E-state index in [1.165, 1.54) is 46.5 Å². The third kappa shape index (κ3) is 14.0. The molecule has 0 radical (unpaired) electrons. The molecule has 0 bridgehead atoms. The number of rotatable bonds is 13. The first-order valence-electron chi connectivity index (χ1n) is 33.6. The zero-order chi connectivity index (χ0) is 70.1. The van der Waals surface area contributed by atoms with Crippen LogP contribution in [0.4, 0.5) is 43.8 Å². The maximum absolute atomic E-state index is 14.9. The molecule has 5 aliphatic rings. The van der Waals surface area contributed by atoms with Crippen molar-refractivity contribution in [2.24, 2.45) is 43.8 Å². The number of nitrogens with one attached hydrogen (secondary N) is 4. The quantitative estimate of drug-likeness (QED) is 0.0616. The number of carbonyl (C=O) groups excluding carboxylic acids is 3. The second-order valence-corrected chi connectivity index (χ2v) is 27.8. The van der Waals surface area contributed by atoms with Gasteiger partial charge in [0.1, 0.15) is 34.5 Å². The maximum Gasteiger partial charge on any atom is 0.310 e. The highest BCUT2D eigenvalue weighted by atomic mass is 32.1. The highest BCUT2D eigenvalue weighted by molar-refractivity contribution is 7.10. The Labute approximate surface area is 574 Å². The van der Waals surface area contributed by atoms with Gasteiger partial charge >= 0.3 is 11.9 Å². The Kier molecular flexibility index (Phi) is 19.8. The van der Waals surface area contributed by atoms with Gasteiger partial charge in [-0.05, 0) is 119 Å². The van der Waals surface area contributed by atoms with Gasteiger partial charge < -0.3 is 30.7 Å². The summed E-state index contributed by atoms with van der Waals surface area (Å²) in [5, 5.41) is 29.1. The van der Waals surface area contributed by atoms with Crippen molar-refractivity contribution >= 4 is 79.7 Å². The standard InChI is InChI=1S/C23H23F2N7OS.2C23H26F2N6O2/c1-12-6-13(11-34-12)23(33)29-16-5-3-4-15(8-16)28-20-18(25)10-26-21(30-20)19-17-7-14(24)9-27-22(17)32(2)31-19;2*1-31-21-15(10-13(24)11-27-21)17(30-31)20-26-12-16(25)19(29-20)28-18-14(22(32)33-2)6-5-9-23(18)7-3-4-8-23/h6-7,9-11,15-16H,3-5,8H2,1-2H3,(H,29,33)(H,26,28,30);2*10-12,14,18H,3-9H2,1-2H3,(H,26,28,29)/t15?,16-;2*14-,18+/m110/s1. The molecule has 100 heavy (non-hydrogen) atoms. The molecule has 1 unspecified atom stereocenters. The van der Waals surface area contributed by atoms with Gasteiger partial charge in [-0.3, -0.25) is 14.4 Å². The number of aryl methyl sites for hydroxylation is 4. The minimum atomic E-state index is -0.620. The number of methoxy groups -OCH3 is 2. The van der Waals surface area contributed by atoms with Crippen LogP contribution in [-0.2, 0) is 40.2 Å². The largest absolute Gasteiger partial charge is 0.469 e. The number of thiophene rings is 1. The predicted molar refractivity (Wildman–Crippen MR) is 360 cm³/mol. The van der Waals surface area contributed by atoms with Gasteiger partial charge in [-0.1, -0.05) is 38.5 Å². The van der Waals surface area contributed by atoms with Crippen LogP contribution < -0.4 is 21.3 Å². The number of esters is 2. The molecule has 1 amide bonds. The van der Waals surface area contributed by atoms with Crippen LogP contribution in [0.5, 0.6) is 0 Å². The number of ether oxygens (including phenoxy) is 2. The molecule has 0 aromatic carbocycles. The third-order valence-corrected chi connectivity index (χ3v) is 21.3. The second-order valence-electron chi connectivity index (χ2n) is 26.7. The lowest BCUT2D eigenvalue weighted by molar-refractivity contribution is -0.149. The molecule has 2 spiro atoms. The van der Waals surface area contributed by atoms with Gasteiger partial charge in [-0.15, -0.1) is 11.3 Å². The Morgan fingerprint density at radius 3 is 1.25 bits per heavy atom. The van der Waals surface area contributed by atoms with Gasteiger partial charge in [-0.25, -0.2) is 85.2 Å². The van der Waals surface area contributed by atoms with Crippen LogP contribution in [0, 0.1) is 64.5 Å². The van der Waals surface area contributed by atoms with Crippen molar-refractivity contribution in [1.29, 1.82) is 0 Å². The minimum Gasteiger partial charge on any atom is -0.469 e. The lowest BCUT2D eigenvalue weighted by atomic mass is 9.64. The first-order chi connectivity index (χ1) is 48.2. The zero-order valence-electron chi connectivity index (χ0n) is 56.0. The van der Waals surface area contributed by atoms with E-state index < -0.39 is 34.9 Å². The Morgan fingerprint density at radius 1 is 0.490 bits per heavy atom. The molecule has 524 valence electrons. The number of hydrogen-bond acceptors (Lipinski definition) is 21. The number of hydrogen-bond donors (Lipinski definition) is 4. The molecule has 0 aliphatic heterocycles. The van der Waals surface area contributed by atoms with E-state index in [0.717, 1.165) is 138 Å². The number of halogens is 6. The lowest BCUT2D eigenvalue weighted by Gasteiger charge is -2.45. The van der Waals surface area contributed by atoms with E-state index in [1.54, 1.807) is 32.5 Å². The molecule has 5 saturated carbocycles. The van der Waals surface area contributed by atoms with Gasteiger partial charge in [0.2, 0.25) is 0 Å². The van der Waals surface area contributed by atoms with Crippen LogP contribution in [-0.4, -0.2) is 130 Å². The van der Waals surface area contributed by atoms with Crippen LogP contribution >= 0.6 is 11.3 Å². The second kappa shape index (κ2) is 28.8. The number of amides is 1. The number of nitrogens with zero attached hydrogens (tertiary/aromatic N) is 15. The topological polar surface area (TPSA) is 287 Å². The SMILES string of the molecule is COC(=O)[C@@H]1CCCC2(CCCC2)[C@H]1Nc1nc(-c2nn(C)c3ncc(F)cc23)ncc1F.COC(=O)[C@H]1CCCC2(CCCC2)[C@@H]1Nc1nc(-c2nn(C)c3ncc(F)cc23)ncc1F.Cc1cc(C(=O)N[C@@H]2CCCC(Nc3nc(-c4nn(C)c5ncc(F)cc45)ncc3F)C2)cs1. The fourth-order valence-electron chi connectivity index (χ4n) is 15.8. The van der Waals surface area contributed by atoms with E-state index in [1.807, 2.05) is 18.4 Å². The van der Waals surface area contributed by atoms with Crippen LogP contribution in [0.25, 0.3) is 67.7 Å². The van der Waals surface area contributed by atoms with Crippen LogP contribution in [0.1, 0.15) is 131 Å². The van der Waals surface area contributed by atoms with Gasteiger partial charge in [0.05, 0.1) is 85.0 Å². The van der Waals surface area contributed by atoms with E-state index in [2.05, 4.69) is 81.4 Å². The summed E-state index contributed by atoms with van der Waals surface area (Å²) in [5.41, 5.74) is 2.83. The van der Waals surface area contributed by atoms with Gasteiger partial charge in [0, 0.05) is 55.6 Å². The van der Waals surface area contributed by atoms with Crippen molar-refractivity contribution in [3.8, 4) is 34.6 Å². The maximum atomic E-state index is 14.9. The summed E-state index contributed by atoms with van der Waals surface area (Å²) < 4.78 is 101. The zero-order valence-corrected chi connectivity index (χ0v) is 56.8. The monoisotopic (exact) mass is 1400 g/mol. The van der Waals surface area contributed by atoms with E-state index >= 15 is 0 Å². The average molecular weight is 1400 g/mol. The van der Waals surface area contributed by atoms with Crippen LogP contribution in [0.15, 0.2) is 66.8 Å². The summed E-state index contributed by atoms with van der Waals surface area (Å²) in [6.07, 6.45) is 23.3. The van der Waals surface area contributed by atoms with Gasteiger partial charge in [-0.2, -0.15) is 15.3 Å². The molecule has 6 atom stereocenters. The first-order valence-corrected chi connectivity index (χ1v) is 34.4. The summed E-state index contributed by atoms with van der Waals surface area (Å²) in [6.45, 7) is 1.97. The van der Waals surface area contributed by atoms with Crippen molar-refractivity contribution in [3.63, 3.8) is 0 Å². The predicted octanol–water partition coefficient (Wildman–Crippen LogP) is 12.3. The van der Waals surface area contributed by atoms with Crippen LogP contribution in [0.2, 0.25) is 0 Å². The summed E-state index contributed by atoms with van der Waals surface area (Å²) in [4.78, 5) is 76.6. The average Bonchev–Trinajstić information content (AvgIpc) is 1.45. The van der Waals surface area contributed by atoms with Crippen molar-refractivity contribution in [1.82, 2.24) is 79.5 Å². The molecule has 4 N–H and O–H groups in total. The highest BCUT2D eigenvalue weighted by Gasteiger charge is 2.52. The number of fused-ring (bicyclic) bond motifs is 3. The van der Waals surface area contributed by atoms with Gasteiger partial charge in [0.25, 0.3) is 5.91 Å². The highest BCUT2D eigenvalue weighted by Crippen LogP contribution is 2.54. The molecular formula is C69H75F6N19O5S. The summed E-state index contributed by atoms with van der Waals surface area (Å²) in [5.74, 6) is -4.22. The molecule has 5 fully saturated rings. The molecule has 10 heterocycles. The lowest BCUT2D eigenvalue weighted by Crippen LogP contribution is -2.50. The van der Waals surface area contributed by atoms with E-state index in [9.17, 15) is 40.7 Å². The van der Waals surface area contributed by atoms with Crippen LogP contribution in [0.3, 0.4) is 0 Å². The Hall–Kier alpha value is -9.81. The van der Waals surface area contributed by atoms with Crippen molar-refractivity contribution in [3.05, 3.63) is 112 Å². The Balaban J connectivity index is 0.000000134. The van der Waals surface area contributed by atoms with Crippen molar-refractivity contribution in [2.75, 3.05) is 30.2 Å².